The first-order valence-corrected chi connectivity index (χ1v) is 13.8. The van der Waals surface area contributed by atoms with E-state index in [2.05, 4.69) is 40.4 Å². The van der Waals surface area contributed by atoms with Gasteiger partial charge in [0.1, 0.15) is 17.7 Å². The molecule has 2 atom stereocenters. The number of piperidine rings is 1. The number of hydroxylamine groups is 1. The summed E-state index contributed by atoms with van der Waals surface area (Å²) in [6.07, 6.45) is 24.9. The van der Waals surface area contributed by atoms with Crippen molar-refractivity contribution < 1.29 is 19.1 Å². The highest BCUT2D eigenvalue weighted by Gasteiger charge is 2.38. The third-order valence-corrected chi connectivity index (χ3v) is 5.89. The number of nitrogens with zero attached hydrogens (tertiary/aromatic N) is 3. The van der Waals surface area contributed by atoms with Gasteiger partial charge in [0.25, 0.3) is 0 Å². The van der Waals surface area contributed by atoms with Crippen molar-refractivity contribution >= 4 is 6.08 Å². The van der Waals surface area contributed by atoms with E-state index in [1.54, 1.807) is 25.6 Å². The predicted octanol–water partition coefficient (Wildman–Crippen LogP) is 6.51. The Morgan fingerprint density at radius 3 is 2.62 bits per heavy atom. The molecule has 0 radical (unpaired) electrons. The number of fused-ring (bicyclic) bond motifs is 1. The van der Waals surface area contributed by atoms with Gasteiger partial charge in [0.05, 0.1) is 31.4 Å². The lowest BCUT2D eigenvalue weighted by molar-refractivity contribution is -0.0429. The number of hydrogen-bond donors (Lipinski definition) is 2. The number of ether oxygens (including phenoxy) is 1. The van der Waals surface area contributed by atoms with E-state index in [9.17, 15) is 9.50 Å². The quantitative estimate of drug-likeness (QED) is 0.422. The van der Waals surface area contributed by atoms with Gasteiger partial charge in [-0.2, -0.15) is 5.48 Å². The molecule has 1 unspecified atom stereocenters. The number of aliphatic hydroxyl groups is 1. The topological polar surface area (TPSA) is 71.8 Å². The Kier molecular flexibility index (Phi) is 16.9. The van der Waals surface area contributed by atoms with Crippen molar-refractivity contribution in [1.82, 2.24) is 19.9 Å². The molecule has 1 aromatic carbocycles. The van der Waals surface area contributed by atoms with Crippen LogP contribution in [0.5, 0.6) is 5.75 Å². The largest absolute Gasteiger partial charge is 0.495 e. The number of imidazole rings is 1. The first-order valence-electron chi connectivity index (χ1n) is 13.8. The first kappa shape index (κ1) is 34.5. The third-order valence-electron chi connectivity index (χ3n) is 5.89. The van der Waals surface area contributed by atoms with Crippen molar-refractivity contribution in [3.05, 3.63) is 83.8 Å². The zero-order valence-electron chi connectivity index (χ0n) is 24.7. The van der Waals surface area contributed by atoms with E-state index in [1.165, 1.54) is 17.7 Å². The normalized spacial score (nSPS) is 20.1. The van der Waals surface area contributed by atoms with Crippen LogP contribution in [0.25, 0.3) is 11.8 Å². The number of halogens is 1. The Bertz CT molecular complexity index is 1150. The molecule has 3 heterocycles. The molecule has 0 saturated carbocycles. The molecule has 2 aliphatic heterocycles. The van der Waals surface area contributed by atoms with Gasteiger partial charge in [-0.3, -0.25) is 9.74 Å². The zero-order chi connectivity index (χ0) is 29.9. The standard InChI is InChI=1S/C19H24N4O3.C7H7F.2C2H6.C2H2/c1-13-10-22(12-20-13)16-6-5-14(9-17(16)25-2)8-15-4-3-7-23-18(11-24)26-21-19(15)23;8-7-5-3-1-2-4-6-7;3*1-2/h5-6,8-10,12,18-19,21,24H,3-4,7,11H2,1-2H3;1,3-6H,2H2;2*1-2H3;1-2H/b15-8+;;;;/t18-,19?;;;;/m0..../s1. The van der Waals surface area contributed by atoms with Crippen molar-refractivity contribution in [2.24, 2.45) is 0 Å². The molecule has 0 bridgehead atoms. The molecule has 0 amide bonds. The van der Waals surface area contributed by atoms with Crippen molar-refractivity contribution in [2.45, 2.75) is 66.3 Å². The summed E-state index contributed by atoms with van der Waals surface area (Å²) in [6, 6.07) is 6.16. The Morgan fingerprint density at radius 1 is 1.23 bits per heavy atom. The predicted molar refractivity (Wildman–Crippen MR) is 162 cm³/mol. The van der Waals surface area contributed by atoms with Crippen LogP contribution in [0.1, 0.15) is 58.2 Å². The number of aryl methyl sites for hydroxylation is 1. The minimum atomic E-state index is -0.273. The fourth-order valence-corrected chi connectivity index (χ4v) is 4.22. The lowest BCUT2D eigenvalue weighted by Gasteiger charge is -2.32. The van der Waals surface area contributed by atoms with Crippen molar-refractivity contribution in [2.75, 3.05) is 20.3 Å². The third kappa shape index (κ3) is 9.92. The summed E-state index contributed by atoms with van der Waals surface area (Å²) in [5.41, 5.74) is 7.31. The van der Waals surface area contributed by atoms with Crippen LogP contribution in [0.4, 0.5) is 4.39 Å². The van der Waals surface area contributed by atoms with Gasteiger partial charge in [0.15, 0.2) is 6.23 Å². The molecule has 5 rings (SSSR count). The first-order chi connectivity index (χ1) is 19.6. The molecule has 2 aromatic rings. The molecule has 2 N–H and O–H groups in total. The van der Waals surface area contributed by atoms with E-state index in [4.69, 9.17) is 9.57 Å². The smallest absolute Gasteiger partial charge is 0.157 e. The Balaban J connectivity index is 0.000000480. The van der Waals surface area contributed by atoms with Crippen molar-refractivity contribution in [3.8, 4) is 24.3 Å². The number of allylic oxidation sites excluding steroid dienone is 6. The van der Waals surface area contributed by atoms with E-state index in [-0.39, 0.29) is 24.8 Å². The summed E-state index contributed by atoms with van der Waals surface area (Å²) in [7, 11) is 1.68. The lowest BCUT2D eigenvalue weighted by Crippen LogP contribution is -2.45. The SMILES string of the molecule is C#C.CC.CC.COc1cc(/C=C2\CCCN3C2NO[C@H]3CO)ccc1-n1cnc(C)c1.FC1=CC=CCC=C1. The van der Waals surface area contributed by atoms with Gasteiger partial charge in [-0.25, -0.2) is 9.37 Å². The van der Waals surface area contributed by atoms with Crippen LogP contribution in [0.3, 0.4) is 0 Å². The molecule has 2 saturated heterocycles. The van der Waals surface area contributed by atoms with E-state index in [0.717, 1.165) is 48.5 Å². The average molecular weight is 553 g/mol. The summed E-state index contributed by atoms with van der Waals surface area (Å²) < 4.78 is 19.7. The summed E-state index contributed by atoms with van der Waals surface area (Å²) in [4.78, 5) is 11.9. The summed E-state index contributed by atoms with van der Waals surface area (Å²) in [6.45, 7) is 10.9. The number of aromatic nitrogens is 2. The lowest BCUT2D eigenvalue weighted by atomic mass is 9.98. The van der Waals surface area contributed by atoms with Gasteiger partial charge in [-0.05, 0) is 61.6 Å². The van der Waals surface area contributed by atoms with Gasteiger partial charge < -0.3 is 14.4 Å². The number of terminal acetylenes is 1. The number of benzene rings is 1. The number of nitrogens with one attached hydrogen (secondary N) is 1. The molecular weight excluding hydrogens is 507 g/mol. The highest BCUT2D eigenvalue weighted by molar-refractivity contribution is 5.61. The highest BCUT2D eigenvalue weighted by Crippen LogP contribution is 2.31. The second kappa shape index (κ2) is 19.6. The minimum absolute atomic E-state index is 0.0103. The maximum absolute atomic E-state index is 12.2. The molecule has 40 heavy (non-hydrogen) atoms. The molecule has 8 heteroatoms. The van der Waals surface area contributed by atoms with Crippen LogP contribution in [-0.2, 0) is 4.84 Å². The molecule has 218 valence electrons. The monoisotopic (exact) mass is 552 g/mol. The fourth-order valence-electron chi connectivity index (χ4n) is 4.22. The average Bonchev–Trinajstić information content (AvgIpc) is 3.57. The molecular formula is C32H45FN4O3. The van der Waals surface area contributed by atoms with E-state index in [0.29, 0.717) is 0 Å². The van der Waals surface area contributed by atoms with E-state index >= 15 is 0 Å². The summed E-state index contributed by atoms with van der Waals surface area (Å²) in [5, 5.41) is 9.44. The Hall–Kier alpha value is -3.48. The van der Waals surface area contributed by atoms with Crippen LogP contribution in [0.2, 0.25) is 0 Å². The van der Waals surface area contributed by atoms with E-state index < -0.39 is 0 Å². The molecule has 1 aliphatic carbocycles. The molecule has 1 aromatic heterocycles. The molecule has 7 nitrogen and oxygen atoms in total. The van der Waals surface area contributed by atoms with Crippen LogP contribution in [0.15, 0.2) is 72.5 Å². The van der Waals surface area contributed by atoms with E-state index in [1.807, 2.05) is 63.6 Å². The van der Waals surface area contributed by atoms with Crippen LogP contribution in [-0.4, -0.2) is 52.2 Å². The van der Waals surface area contributed by atoms with Crippen LogP contribution in [0, 0.1) is 19.8 Å². The number of methoxy groups -OCH3 is 1. The maximum Gasteiger partial charge on any atom is 0.157 e. The number of hydrogen-bond acceptors (Lipinski definition) is 6. The Morgan fingerprint density at radius 2 is 1.98 bits per heavy atom. The van der Waals surface area contributed by atoms with Crippen molar-refractivity contribution in [3.63, 3.8) is 0 Å². The minimum Gasteiger partial charge on any atom is -0.495 e. The molecule has 2 fully saturated rings. The zero-order valence-corrected chi connectivity index (χ0v) is 24.7. The summed E-state index contributed by atoms with van der Waals surface area (Å²) in [5.74, 6) is 0.632. The van der Waals surface area contributed by atoms with Gasteiger partial charge in [-0.1, -0.05) is 58.1 Å². The molecule has 3 aliphatic rings. The van der Waals surface area contributed by atoms with Gasteiger partial charge in [0.2, 0.25) is 0 Å². The van der Waals surface area contributed by atoms with Crippen molar-refractivity contribution in [1.29, 1.82) is 0 Å². The fraction of sp³-hybridized carbons (Fsp3) is 0.406. The van der Waals surface area contributed by atoms with Gasteiger partial charge in [0, 0.05) is 12.7 Å². The second-order valence-electron chi connectivity index (χ2n) is 8.31. The van der Waals surface area contributed by atoms with Gasteiger partial charge >= 0.3 is 0 Å². The highest BCUT2D eigenvalue weighted by atomic mass is 19.1. The molecule has 0 spiro atoms. The van der Waals surface area contributed by atoms with Crippen LogP contribution >= 0.6 is 0 Å². The van der Waals surface area contributed by atoms with Crippen LogP contribution < -0.4 is 10.2 Å². The number of rotatable bonds is 4. The van der Waals surface area contributed by atoms with Gasteiger partial charge in [-0.15, -0.1) is 12.8 Å². The maximum atomic E-state index is 12.2. The summed E-state index contributed by atoms with van der Waals surface area (Å²) >= 11 is 0. The number of aliphatic hydroxyl groups excluding tert-OH is 1. The Labute approximate surface area is 239 Å². The second-order valence-corrected chi connectivity index (χ2v) is 8.31.